The summed E-state index contributed by atoms with van der Waals surface area (Å²) in [5.74, 6) is 1.00. The first-order chi connectivity index (χ1) is 16.1. The third-order valence-electron chi connectivity index (χ3n) is 5.11. The molecule has 0 unspecified atom stereocenters. The van der Waals surface area contributed by atoms with E-state index in [-0.39, 0.29) is 10.8 Å². The summed E-state index contributed by atoms with van der Waals surface area (Å²) >= 11 is 1.38. The molecule has 0 aliphatic carbocycles. The first-order valence-electron chi connectivity index (χ1n) is 10.5. The van der Waals surface area contributed by atoms with Crippen LogP contribution in [0.25, 0.3) is 0 Å². The Morgan fingerprint density at radius 1 is 0.912 bits per heavy atom. The molecule has 3 aromatic carbocycles. The van der Waals surface area contributed by atoms with Crippen molar-refractivity contribution in [1.29, 1.82) is 0 Å². The van der Waals surface area contributed by atoms with E-state index in [1.165, 1.54) is 23.9 Å². The molecule has 1 atom stereocenters. The molecule has 2 N–H and O–H groups in total. The lowest BCUT2D eigenvalue weighted by Crippen LogP contribution is -2.22. The Kier molecular flexibility index (Phi) is 8.11. The molecule has 0 aliphatic rings. The smallest absolute Gasteiger partial charge is 0.261 e. The number of carbonyl (C=O) groups excluding carboxylic acids is 1. The summed E-state index contributed by atoms with van der Waals surface area (Å²) in [5, 5.41) is 2.43. The van der Waals surface area contributed by atoms with Gasteiger partial charge in [-0.1, -0.05) is 12.1 Å². The van der Waals surface area contributed by atoms with Crippen molar-refractivity contribution in [2.24, 2.45) is 0 Å². The maximum Gasteiger partial charge on any atom is 0.261 e. The monoisotopic (exact) mass is 500 g/mol. The predicted octanol–water partition coefficient (Wildman–Crippen LogP) is 5.24. The number of rotatable bonds is 9. The number of benzene rings is 3. The van der Waals surface area contributed by atoms with Crippen molar-refractivity contribution in [3.8, 4) is 11.5 Å². The van der Waals surface area contributed by atoms with Crippen molar-refractivity contribution in [1.82, 2.24) is 0 Å². The lowest BCUT2D eigenvalue weighted by atomic mass is 10.1. The van der Waals surface area contributed by atoms with Gasteiger partial charge in [-0.15, -0.1) is 11.8 Å². The quantitative estimate of drug-likeness (QED) is 0.390. The number of nitrogens with one attached hydrogen (secondary N) is 2. The minimum Gasteiger partial charge on any atom is -0.493 e. The number of aryl methyl sites for hydroxylation is 2. The molecule has 0 aliphatic heterocycles. The first kappa shape index (κ1) is 25.5. The maximum absolute atomic E-state index is 12.8. The molecule has 7 nitrogen and oxygen atoms in total. The molecule has 0 fully saturated rings. The standard InChI is InChI=1S/C25H28N2O5S2/c1-16-6-7-17(2)22(14-16)27-34(29,30)21-11-8-19(9-12-21)26-25(28)18(3)33-20-10-13-23(31-4)24(15-20)32-5/h6-15,18,27H,1-5H3,(H,26,28)/t18-/m0/s1. The number of methoxy groups -OCH3 is 2. The number of thioether (sulfide) groups is 1. The second-order valence-electron chi connectivity index (χ2n) is 7.71. The highest BCUT2D eigenvalue weighted by Gasteiger charge is 2.18. The Morgan fingerprint density at radius 2 is 1.59 bits per heavy atom. The summed E-state index contributed by atoms with van der Waals surface area (Å²) < 4.78 is 38.8. The van der Waals surface area contributed by atoms with Crippen LogP contribution in [-0.4, -0.2) is 33.8 Å². The average Bonchev–Trinajstić information content (AvgIpc) is 2.81. The number of hydrogen-bond acceptors (Lipinski definition) is 6. The van der Waals surface area contributed by atoms with Gasteiger partial charge in [0.15, 0.2) is 11.5 Å². The van der Waals surface area contributed by atoms with Gasteiger partial charge >= 0.3 is 0 Å². The number of sulfonamides is 1. The van der Waals surface area contributed by atoms with E-state index < -0.39 is 15.3 Å². The van der Waals surface area contributed by atoms with E-state index in [9.17, 15) is 13.2 Å². The Balaban J connectivity index is 1.65. The Morgan fingerprint density at radius 3 is 2.24 bits per heavy atom. The zero-order chi connectivity index (χ0) is 24.9. The summed E-state index contributed by atoms with van der Waals surface area (Å²) in [5.41, 5.74) is 2.84. The molecule has 0 bridgehead atoms. The molecule has 0 aromatic heterocycles. The van der Waals surface area contributed by atoms with E-state index in [1.54, 1.807) is 45.4 Å². The third-order valence-corrected chi connectivity index (χ3v) is 7.58. The molecule has 0 saturated carbocycles. The van der Waals surface area contributed by atoms with Gasteiger partial charge in [-0.25, -0.2) is 8.42 Å². The molecule has 3 rings (SSSR count). The highest BCUT2D eigenvalue weighted by molar-refractivity contribution is 8.00. The third kappa shape index (κ3) is 6.24. The van der Waals surface area contributed by atoms with Crippen molar-refractivity contribution in [3.63, 3.8) is 0 Å². The lowest BCUT2D eigenvalue weighted by Gasteiger charge is -2.14. The zero-order valence-corrected chi connectivity index (χ0v) is 21.3. The van der Waals surface area contributed by atoms with E-state index in [0.29, 0.717) is 22.9 Å². The first-order valence-corrected chi connectivity index (χ1v) is 12.9. The number of hydrogen-bond donors (Lipinski definition) is 2. The lowest BCUT2D eigenvalue weighted by molar-refractivity contribution is -0.115. The zero-order valence-electron chi connectivity index (χ0n) is 19.7. The molecular formula is C25H28N2O5S2. The molecule has 180 valence electrons. The van der Waals surface area contributed by atoms with Crippen molar-refractivity contribution < 1.29 is 22.7 Å². The van der Waals surface area contributed by atoms with Crippen molar-refractivity contribution in [3.05, 3.63) is 71.8 Å². The minimum absolute atomic E-state index is 0.110. The summed E-state index contributed by atoms with van der Waals surface area (Å²) in [6, 6.07) is 17.1. The second kappa shape index (κ2) is 10.8. The van der Waals surface area contributed by atoms with Gasteiger partial charge in [0.05, 0.1) is 30.1 Å². The van der Waals surface area contributed by atoms with Gasteiger partial charge in [0.2, 0.25) is 5.91 Å². The van der Waals surface area contributed by atoms with E-state index >= 15 is 0 Å². The summed E-state index contributed by atoms with van der Waals surface area (Å²) in [6.07, 6.45) is 0. The molecular weight excluding hydrogens is 472 g/mol. The summed E-state index contributed by atoms with van der Waals surface area (Å²) in [6.45, 7) is 5.54. The fraction of sp³-hybridized carbons (Fsp3) is 0.240. The second-order valence-corrected chi connectivity index (χ2v) is 10.8. The largest absolute Gasteiger partial charge is 0.493 e. The maximum atomic E-state index is 12.8. The van der Waals surface area contributed by atoms with Crippen molar-refractivity contribution >= 4 is 39.1 Å². The normalized spacial score (nSPS) is 12.0. The van der Waals surface area contributed by atoms with Crippen LogP contribution in [0.2, 0.25) is 0 Å². The number of carbonyl (C=O) groups is 1. The van der Waals surface area contributed by atoms with Gasteiger partial charge in [0.1, 0.15) is 0 Å². The molecule has 3 aromatic rings. The predicted molar refractivity (Wildman–Crippen MR) is 137 cm³/mol. The SMILES string of the molecule is COc1ccc(S[C@@H](C)C(=O)Nc2ccc(S(=O)(=O)Nc3cc(C)ccc3C)cc2)cc1OC. The molecule has 0 heterocycles. The van der Waals surface area contributed by atoms with Gasteiger partial charge in [-0.3, -0.25) is 9.52 Å². The Labute approximate surface area is 204 Å². The summed E-state index contributed by atoms with van der Waals surface area (Å²) in [4.78, 5) is 13.6. The molecule has 1 amide bonds. The van der Waals surface area contributed by atoms with Gasteiger partial charge in [0.25, 0.3) is 10.0 Å². The van der Waals surface area contributed by atoms with Crippen LogP contribution >= 0.6 is 11.8 Å². The van der Waals surface area contributed by atoms with Crippen LogP contribution in [0.5, 0.6) is 11.5 Å². The summed E-state index contributed by atoms with van der Waals surface area (Å²) in [7, 11) is -0.630. The van der Waals surface area contributed by atoms with Gasteiger partial charge in [-0.05, 0) is 80.4 Å². The topological polar surface area (TPSA) is 93.7 Å². The molecule has 34 heavy (non-hydrogen) atoms. The van der Waals surface area contributed by atoms with Crippen LogP contribution in [0, 0.1) is 13.8 Å². The van der Waals surface area contributed by atoms with E-state index in [0.717, 1.165) is 16.0 Å². The fourth-order valence-electron chi connectivity index (χ4n) is 3.16. The Bertz CT molecular complexity index is 1270. The van der Waals surface area contributed by atoms with Crippen LogP contribution in [0.3, 0.4) is 0 Å². The molecule has 0 saturated heterocycles. The van der Waals surface area contributed by atoms with Crippen LogP contribution in [0.15, 0.2) is 70.5 Å². The Hall–Kier alpha value is -3.17. The highest BCUT2D eigenvalue weighted by Crippen LogP contribution is 2.33. The molecule has 9 heteroatoms. The van der Waals surface area contributed by atoms with E-state index in [2.05, 4.69) is 10.0 Å². The fourth-order valence-corrected chi connectivity index (χ4v) is 5.18. The highest BCUT2D eigenvalue weighted by atomic mass is 32.2. The molecule has 0 spiro atoms. The van der Waals surface area contributed by atoms with Gasteiger partial charge in [-0.2, -0.15) is 0 Å². The van der Waals surface area contributed by atoms with Crippen LogP contribution in [-0.2, 0) is 14.8 Å². The van der Waals surface area contributed by atoms with Crippen LogP contribution in [0.1, 0.15) is 18.1 Å². The van der Waals surface area contributed by atoms with Crippen molar-refractivity contribution in [2.45, 2.75) is 35.8 Å². The average molecular weight is 501 g/mol. The number of anilines is 2. The molecule has 0 radical (unpaired) electrons. The van der Waals surface area contributed by atoms with Gasteiger partial charge < -0.3 is 14.8 Å². The van der Waals surface area contributed by atoms with Crippen molar-refractivity contribution in [2.75, 3.05) is 24.3 Å². The van der Waals surface area contributed by atoms with Gasteiger partial charge in [0, 0.05) is 10.6 Å². The van der Waals surface area contributed by atoms with Crippen LogP contribution < -0.4 is 19.5 Å². The van der Waals surface area contributed by atoms with E-state index in [1.807, 2.05) is 38.1 Å². The number of ether oxygens (including phenoxy) is 2. The number of amides is 1. The van der Waals surface area contributed by atoms with Crippen LogP contribution in [0.4, 0.5) is 11.4 Å². The minimum atomic E-state index is -3.76. The van der Waals surface area contributed by atoms with E-state index in [4.69, 9.17) is 9.47 Å².